The van der Waals surface area contributed by atoms with Crippen molar-refractivity contribution in [3.05, 3.63) is 34.9 Å². The molecular weight excluding hydrogens is 236 g/mol. The van der Waals surface area contributed by atoms with Gasteiger partial charge in [0.25, 0.3) is 0 Å². The molecule has 1 aromatic rings. The minimum atomic E-state index is 0.115. The van der Waals surface area contributed by atoms with Gasteiger partial charge in [-0.15, -0.1) is 0 Å². The maximum absolute atomic E-state index is 11.8. The van der Waals surface area contributed by atoms with Crippen LogP contribution in [0.3, 0.4) is 0 Å². The van der Waals surface area contributed by atoms with Crippen LogP contribution >= 0.6 is 11.6 Å². The van der Waals surface area contributed by atoms with Crippen LogP contribution < -0.4 is 5.73 Å². The SMILES string of the molecule is CCCN(Cc1ccc(Cl)cc1)C(=O)CCN. The summed E-state index contributed by atoms with van der Waals surface area (Å²) >= 11 is 5.82. The van der Waals surface area contributed by atoms with Gasteiger partial charge in [-0.3, -0.25) is 4.79 Å². The van der Waals surface area contributed by atoms with Gasteiger partial charge in [-0.05, 0) is 24.1 Å². The summed E-state index contributed by atoms with van der Waals surface area (Å²) in [5.74, 6) is 0.115. The molecule has 0 aliphatic rings. The van der Waals surface area contributed by atoms with Crippen molar-refractivity contribution >= 4 is 17.5 Å². The lowest BCUT2D eigenvalue weighted by Gasteiger charge is -2.22. The first-order valence-electron chi connectivity index (χ1n) is 5.89. The standard InChI is InChI=1S/C13H19ClN2O/c1-2-9-16(13(17)7-8-15)10-11-3-5-12(14)6-4-11/h3-6H,2,7-10,15H2,1H3. The fourth-order valence-electron chi connectivity index (χ4n) is 1.65. The van der Waals surface area contributed by atoms with Gasteiger partial charge in [0.2, 0.25) is 5.91 Å². The Morgan fingerprint density at radius 1 is 1.35 bits per heavy atom. The summed E-state index contributed by atoms with van der Waals surface area (Å²) in [6.45, 7) is 3.86. The van der Waals surface area contributed by atoms with Gasteiger partial charge in [0.15, 0.2) is 0 Å². The highest BCUT2D eigenvalue weighted by Gasteiger charge is 2.11. The third-order valence-corrected chi connectivity index (χ3v) is 2.74. The van der Waals surface area contributed by atoms with Crippen molar-refractivity contribution in [3.8, 4) is 0 Å². The van der Waals surface area contributed by atoms with Gasteiger partial charge in [0.05, 0.1) is 0 Å². The second-order valence-corrected chi connectivity index (χ2v) is 4.42. The lowest BCUT2D eigenvalue weighted by atomic mass is 10.2. The summed E-state index contributed by atoms with van der Waals surface area (Å²) in [5.41, 5.74) is 6.50. The average Bonchev–Trinajstić information content (AvgIpc) is 2.31. The molecule has 0 aliphatic carbocycles. The Kier molecular flexibility index (Phi) is 6.01. The zero-order valence-corrected chi connectivity index (χ0v) is 10.9. The van der Waals surface area contributed by atoms with E-state index < -0.39 is 0 Å². The molecule has 0 unspecified atom stereocenters. The molecule has 0 radical (unpaired) electrons. The van der Waals surface area contributed by atoms with Crippen LogP contribution in [0.2, 0.25) is 5.02 Å². The number of benzene rings is 1. The Hall–Kier alpha value is -1.06. The third-order valence-electron chi connectivity index (χ3n) is 2.49. The number of nitrogens with zero attached hydrogens (tertiary/aromatic N) is 1. The number of carbonyl (C=O) groups excluding carboxylic acids is 1. The molecule has 0 heterocycles. The molecule has 94 valence electrons. The van der Waals surface area contributed by atoms with E-state index in [1.807, 2.05) is 29.2 Å². The van der Waals surface area contributed by atoms with Crippen molar-refractivity contribution in [3.63, 3.8) is 0 Å². The summed E-state index contributed by atoms with van der Waals surface area (Å²) < 4.78 is 0. The summed E-state index contributed by atoms with van der Waals surface area (Å²) in [6, 6.07) is 7.57. The fraction of sp³-hybridized carbons (Fsp3) is 0.462. The zero-order valence-electron chi connectivity index (χ0n) is 10.2. The highest BCUT2D eigenvalue weighted by molar-refractivity contribution is 6.30. The smallest absolute Gasteiger partial charge is 0.224 e. The van der Waals surface area contributed by atoms with Gasteiger partial charge < -0.3 is 10.6 Å². The van der Waals surface area contributed by atoms with Crippen LogP contribution in [0.1, 0.15) is 25.3 Å². The highest BCUT2D eigenvalue weighted by atomic mass is 35.5. The number of rotatable bonds is 6. The van der Waals surface area contributed by atoms with E-state index in [0.717, 1.165) is 18.5 Å². The topological polar surface area (TPSA) is 46.3 Å². The molecule has 0 atom stereocenters. The largest absolute Gasteiger partial charge is 0.338 e. The fourth-order valence-corrected chi connectivity index (χ4v) is 1.78. The molecule has 1 rings (SSSR count). The van der Waals surface area contributed by atoms with Gasteiger partial charge in [-0.25, -0.2) is 0 Å². The Balaban J connectivity index is 2.65. The number of hydrogen-bond acceptors (Lipinski definition) is 2. The first kappa shape index (κ1) is 14.0. The van der Waals surface area contributed by atoms with Crippen LogP contribution in [0.5, 0.6) is 0 Å². The van der Waals surface area contributed by atoms with E-state index in [0.29, 0.717) is 24.5 Å². The number of halogens is 1. The van der Waals surface area contributed by atoms with Gasteiger partial charge in [0.1, 0.15) is 0 Å². The maximum atomic E-state index is 11.8. The number of hydrogen-bond donors (Lipinski definition) is 1. The summed E-state index contributed by atoms with van der Waals surface area (Å²) in [4.78, 5) is 13.7. The van der Waals surface area contributed by atoms with E-state index in [2.05, 4.69) is 6.92 Å². The van der Waals surface area contributed by atoms with Gasteiger partial charge in [-0.1, -0.05) is 30.7 Å². The van der Waals surface area contributed by atoms with Crippen LogP contribution in [0.25, 0.3) is 0 Å². The first-order valence-corrected chi connectivity index (χ1v) is 6.27. The van der Waals surface area contributed by atoms with E-state index in [4.69, 9.17) is 17.3 Å². The van der Waals surface area contributed by atoms with Crippen molar-refractivity contribution in [1.29, 1.82) is 0 Å². The first-order chi connectivity index (χ1) is 8.17. The normalized spacial score (nSPS) is 10.3. The van der Waals surface area contributed by atoms with Crippen LogP contribution in [0.4, 0.5) is 0 Å². The zero-order chi connectivity index (χ0) is 12.7. The highest BCUT2D eigenvalue weighted by Crippen LogP contribution is 2.12. The average molecular weight is 255 g/mol. The number of amides is 1. The van der Waals surface area contributed by atoms with Crippen molar-refractivity contribution in [1.82, 2.24) is 4.90 Å². The van der Waals surface area contributed by atoms with Crippen molar-refractivity contribution in [2.75, 3.05) is 13.1 Å². The predicted molar refractivity (Wildman–Crippen MR) is 70.8 cm³/mol. The van der Waals surface area contributed by atoms with Crippen LogP contribution in [-0.4, -0.2) is 23.9 Å². The van der Waals surface area contributed by atoms with Crippen molar-refractivity contribution < 1.29 is 4.79 Å². The quantitative estimate of drug-likeness (QED) is 0.848. The van der Waals surface area contributed by atoms with Gasteiger partial charge >= 0.3 is 0 Å². The van der Waals surface area contributed by atoms with Gasteiger partial charge in [0, 0.05) is 31.1 Å². The molecule has 0 saturated carbocycles. The second kappa shape index (κ2) is 7.30. The van der Waals surface area contributed by atoms with E-state index >= 15 is 0 Å². The third kappa shape index (κ3) is 4.75. The Bertz CT molecular complexity index is 351. The van der Waals surface area contributed by atoms with Crippen molar-refractivity contribution in [2.45, 2.75) is 26.3 Å². The Labute approximate surface area is 108 Å². The molecule has 1 aromatic carbocycles. The van der Waals surface area contributed by atoms with Crippen molar-refractivity contribution in [2.24, 2.45) is 5.73 Å². The second-order valence-electron chi connectivity index (χ2n) is 3.98. The molecule has 1 amide bonds. The predicted octanol–water partition coefficient (Wildman–Crippen LogP) is 2.43. The summed E-state index contributed by atoms with van der Waals surface area (Å²) in [7, 11) is 0. The van der Waals surface area contributed by atoms with E-state index in [1.54, 1.807) is 0 Å². The van der Waals surface area contributed by atoms with Crippen LogP contribution in [0.15, 0.2) is 24.3 Å². The molecule has 3 nitrogen and oxygen atoms in total. The lowest BCUT2D eigenvalue weighted by Crippen LogP contribution is -2.32. The maximum Gasteiger partial charge on any atom is 0.224 e. The molecule has 0 bridgehead atoms. The molecule has 0 spiro atoms. The van der Waals surface area contributed by atoms with E-state index in [9.17, 15) is 4.79 Å². The molecule has 17 heavy (non-hydrogen) atoms. The molecular formula is C13H19ClN2O. The Morgan fingerprint density at radius 2 is 2.00 bits per heavy atom. The van der Waals surface area contributed by atoms with Crippen LogP contribution in [0, 0.1) is 0 Å². The molecule has 0 fully saturated rings. The minimum absolute atomic E-state index is 0.115. The summed E-state index contributed by atoms with van der Waals surface area (Å²) in [5, 5.41) is 0.712. The molecule has 4 heteroatoms. The molecule has 2 N–H and O–H groups in total. The van der Waals surface area contributed by atoms with Gasteiger partial charge in [-0.2, -0.15) is 0 Å². The summed E-state index contributed by atoms with van der Waals surface area (Å²) in [6.07, 6.45) is 1.36. The van der Waals surface area contributed by atoms with Crippen LogP contribution in [-0.2, 0) is 11.3 Å². The minimum Gasteiger partial charge on any atom is -0.338 e. The molecule has 0 aliphatic heterocycles. The monoisotopic (exact) mass is 254 g/mol. The van der Waals surface area contributed by atoms with E-state index in [1.165, 1.54) is 0 Å². The lowest BCUT2D eigenvalue weighted by molar-refractivity contribution is -0.131. The molecule has 0 saturated heterocycles. The molecule has 0 aromatic heterocycles. The Morgan fingerprint density at radius 3 is 2.53 bits per heavy atom. The number of carbonyl (C=O) groups is 1. The van der Waals surface area contributed by atoms with E-state index in [-0.39, 0.29) is 5.91 Å². The number of nitrogens with two attached hydrogens (primary N) is 1.